The molecule has 0 heterocycles. The molecule has 0 fully saturated rings. The summed E-state index contributed by atoms with van der Waals surface area (Å²) in [5.74, 6) is -0.492. The Bertz CT molecular complexity index is 402. The molecule has 1 aromatic rings. The molecule has 90 valence electrons. The van der Waals surface area contributed by atoms with Crippen LogP contribution in [0.25, 0.3) is 0 Å². The fraction of sp³-hybridized carbons (Fsp3) is 0.455. The quantitative estimate of drug-likeness (QED) is 0.719. The number of nitrogens with two attached hydrogens (primary N) is 1. The van der Waals surface area contributed by atoms with Gasteiger partial charge in [-0.25, -0.2) is 4.39 Å². The van der Waals surface area contributed by atoms with Gasteiger partial charge in [0.15, 0.2) is 0 Å². The highest BCUT2D eigenvalue weighted by Crippen LogP contribution is 2.33. The molecule has 0 atom stereocenters. The van der Waals surface area contributed by atoms with Gasteiger partial charge in [-0.15, -0.1) is 0 Å². The third-order valence-electron chi connectivity index (χ3n) is 2.12. The monoisotopic (exact) mass is 246 g/mol. The second-order valence-electron chi connectivity index (χ2n) is 4.45. The van der Waals surface area contributed by atoms with Crippen molar-refractivity contribution in [3.63, 3.8) is 0 Å². The van der Waals surface area contributed by atoms with Crippen LogP contribution in [0.4, 0.5) is 15.8 Å². The van der Waals surface area contributed by atoms with Gasteiger partial charge in [0.1, 0.15) is 10.8 Å². The number of aliphatic hydroxyl groups is 1. The summed E-state index contributed by atoms with van der Waals surface area (Å²) >= 11 is 5.83. The Balaban J connectivity index is 3.01. The van der Waals surface area contributed by atoms with Crippen LogP contribution in [0.5, 0.6) is 0 Å². The highest BCUT2D eigenvalue weighted by molar-refractivity contribution is 6.34. The van der Waals surface area contributed by atoms with Crippen LogP contribution in [0.2, 0.25) is 5.02 Å². The molecule has 0 unspecified atom stereocenters. The zero-order chi connectivity index (χ0) is 12.5. The van der Waals surface area contributed by atoms with E-state index in [1.807, 2.05) is 0 Å². The molecule has 0 radical (unpaired) electrons. The molecule has 0 saturated heterocycles. The molecule has 0 spiro atoms. The predicted molar refractivity (Wildman–Crippen MR) is 65.3 cm³/mol. The molecule has 5 heteroatoms. The Labute approximate surface area is 99.4 Å². The third kappa shape index (κ3) is 3.00. The Kier molecular flexibility index (Phi) is 3.65. The van der Waals surface area contributed by atoms with E-state index in [-0.39, 0.29) is 11.6 Å². The maximum absolute atomic E-state index is 13.5. The minimum absolute atomic E-state index is 0.0400. The van der Waals surface area contributed by atoms with Crippen LogP contribution in [-0.4, -0.2) is 17.3 Å². The smallest absolute Gasteiger partial charge is 0.146 e. The number of aryl methyl sites for hydroxylation is 1. The van der Waals surface area contributed by atoms with E-state index in [0.29, 0.717) is 16.9 Å². The summed E-state index contributed by atoms with van der Waals surface area (Å²) in [4.78, 5) is 0. The second kappa shape index (κ2) is 4.47. The van der Waals surface area contributed by atoms with Gasteiger partial charge in [0.05, 0.1) is 17.0 Å². The lowest BCUT2D eigenvalue weighted by Crippen LogP contribution is -2.29. The second-order valence-corrected chi connectivity index (χ2v) is 4.83. The molecule has 1 rings (SSSR count). The predicted octanol–water partition coefficient (Wildman–Crippen LogP) is 2.55. The van der Waals surface area contributed by atoms with Gasteiger partial charge >= 0.3 is 0 Å². The molecule has 1 aromatic carbocycles. The van der Waals surface area contributed by atoms with Crippen LogP contribution in [0, 0.1) is 12.7 Å². The van der Waals surface area contributed by atoms with Crippen molar-refractivity contribution in [2.75, 3.05) is 17.6 Å². The van der Waals surface area contributed by atoms with Crippen LogP contribution < -0.4 is 11.1 Å². The topological polar surface area (TPSA) is 58.3 Å². The van der Waals surface area contributed by atoms with Gasteiger partial charge in [-0.1, -0.05) is 11.6 Å². The Hall–Kier alpha value is -1.00. The molecular weight excluding hydrogens is 231 g/mol. The molecule has 0 bridgehead atoms. The molecular formula is C11H16ClFN2O. The van der Waals surface area contributed by atoms with Crippen molar-refractivity contribution in [1.29, 1.82) is 0 Å². The molecule has 0 aromatic heterocycles. The first-order valence-electron chi connectivity index (χ1n) is 4.92. The van der Waals surface area contributed by atoms with E-state index in [9.17, 15) is 9.50 Å². The average molecular weight is 247 g/mol. The van der Waals surface area contributed by atoms with Crippen molar-refractivity contribution in [3.8, 4) is 0 Å². The van der Waals surface area contributed by atoms with E-state index in [4.69, 9.17) is 17.3 Å². The van der Waals surface area contributed by atoms with Gasteiger partial charge in [0.2, 0.25) is 0 Å². The molecule has 4 N–H and O–H groups in total. The van der Waals surface area contributed by atoms with Crippen LogP contribution >= 0.6 is 11.6 Å². The molecule has 0 aliphatic carbocycles. The van der Waals surface area contributed by atoms with Gasteiger partial charge in [0.25, 0.3) is 0 Å². The Morgan fingerprint density at radius 2 is 2.12 bits per heavy atom. The zero-order valence-corrected chi connectivity index (χ0v) is 10.3. The Morgan fingerprint density at radius 3 is 2.62 bits per heavy atom. The summed E-state index contributed by atoms with van der Waals surface area (Å²) in [5, 5.41) is 12.3. The van der Waals surface area contributed by atoms with Gasteiger partial charge in [-0.05, 0) is 32.4 Å². The number of nitrogen functional groups attached to an aromatic ring is 1. The maximum atomic E-state index is 13.5. The first-order valence-corrected chi connectivity index (χ1v) is 5.30. The van der Waals surface area contributed by atoms with Gasteiger partial charge in [0, 0.05) is 6.54 Å². The first-order chi connectivity index (χ1) is 7.22. The van der Waals surface area contributed by atoms with E-state index in [0.717, 1.165) is 0 Å². The van der Waals surface area contributed by atoms with Crippen molar-refractivity contribution < 1.29 is 9.50 Å². The SMILES string of the molecule is Cc1cc(N)c(NCC(C)(C)O)c(Cl)c1F. The third-order valence-corrected chi connectivity index (χ3v) is 2.47. The summed E-state index contributed by atoms with van der Waals surface area (Å²) in [6, 6.07) is 1.51. The highest BCUT2D eigenvalue weighted by Gasteiger charge is 2.17. The fourth-order valence-corrected chi connectivity index (χ4v) is 1.59. The lowest BCUT2D eigenvalue weighted by molar-refractivity contribution is 0.0945. The number of hydrogen-bond acceptors (Lipinski definition) is 3. The lowest BCUT2D eigenvalue weighted by Gasteiger charge is -2.20. The van der Waals surface area contributed by atoms with Crippen molar-refractivity contribution in [1.82, 2.24) is 0 Å². The number of anilines is 2. The van der Waals surface area contributed by atoms with Crippen LogP contribution in [-0.2, 0) is 0 Å². The largest absolute Gasteiger partial charge is 0.397 e. The molecule has 3 nitrogen and oxygen atoms in total. The zero-order valence-electron chi connectivity index (χ0n) is 9.56. The number of hydrogen-bond donors (Lipinski definition) is 3. The molecule has 16 heavy (non-hydrogen) atoms. The fourth-order valence-electron chi connectivity index (χ4n) is 1.26. The number of benzene rings is 1. The van der Waals surface area contributed by atoms with Crippen LogP contribution in [0.1, 0.15) is 19.4 Å². The van der Waals surface area contributed by atoms with Crippen molar-refractivity contribution in [3.05, 3.63) is 22.5 Å². The summed E-state index contributed by atoms with van der Waals surface area (Å²) in [7, 11) is 0. The molecule has 0 aliphatic rings. The molecule has 0 saturated carbocycles. The number of halogens is 2. The van der Waals surface area contributed by atoms with E-state index in [1.54, 1.807) is 20.8 Å². The average Bonchev–Trinajstić information content (AvgIpc) is 2.12. The lowest BCUT2D eigenvalue weighted by atomic mass is 10.1. The van der Waals surface area contributed by atoms with Gasteiger partial charge in [-0.3, -0.25) is 0 Å². The normalized spacial score (nSPS) is 11.6. The number of rotatable bonds is 3. The number of nitrogens with one attached hydrogen (secondary N) is 1. The summed E-state index contributed by atoms with van der Waals surface area (Å²) in [6.45, 7) is 5.10. The van der Waals surface area contributed by atoms with Crippen molar-refractivity contribution in [2.24, 2.45) is 0 Å². The highest BCUT2D eigenvalue weighted by atomic mass is 35.5. The van der Waals surface area contributed by atoms with E-state index in [2.05, 4.69) is 5.32 Å². The van der Waals surface area contributed by atoms with Gasteiger partial charge in [-0.2, -0.15) is 0 Å². The minimum atomic E-state index is -0.920. The maximum Gasteiger partial charge on any atom is 0.146 e. The summed E-state index contributed by atoms with van der Waals surface area (Å²) in [5.41, 5.74) is 5.90. The van der Waals surface area contributed by atoms with Crippen LogP contribution in [0.15, 0.2) is 6.07 Å². The first kappa shape index (κ1) is 13.1. The summed E-state index contributed by atoms with van der Waals surface area (Å²) in [6.07, 6.45) is 0. The Morgan fingerprint density at radius 1 is 1.56 bits per heavy atom. The van der Waals surface area contributed by atoms with E-state index in [1.165, 1.54) is 6.07 Å². The standard InChI is InChI=1S/C11H16ClFN2O/c1-6-4-7(14)10(8(12)9(6)13)15-5-11(2,3)16/h4,15-16H,5,14H2,1-3H3. The summed E-state index contributed by atoms with van der Waals surface area (Å²) < 4.78 is 13.5. The molecule has 0 aliphatic heterocycles. The van der Waals surface area contributed by atoms with E-state index >= 15 is 0 Å². The van der Waals surface area contributed by atoms with Crippen molar-refractivity contribution >= 4 is 23.0 Å². The van der Waals surface area contributed by atoms with E-state index < -0.39 is 11.4 Å². The van der Waals surface area contributed by atoms with Crippen molar-refractivity contribution in [2.45, 2.75) is 26.4 Å². The minimum Gasteiger partial charge on any atom is -0.397 e. The van der Waals surface area contributed by atoms with Crippen LogP contribution in [0.3, 0.4) is 0 Å². The molecule has 0 amide bonds. The van der Waals surface area contributed by atoms with Gasteiger partial charge < -0.3 is 16.2 Å².